The molecule has 33 heavy (non-hydrogen) atoms. The summed E-state index contributed by atoms with van der Waals surface area (Å²) in [5, 5.41) is 3.41. The largest absolute Gasteiger partial charge is 0.323 e. The Morgan fingerprint density at radius 3 is 1.76 bits per heavy atom. The molecule has 3 aliphatic carbocycles. The van der Waals surface area contributed by atoms with Crippen molar-refractivity contribution in [3.8, 4) is 0 Å². The maximum Gasteiger partial charge on any atom is 0.244 e. The standard InChI is InChI=1S/C26H18Cl2N2O3/c27-13-9-10-18(28)19(11-13)29-20(31)12-30-25(32)23-21-14-5-1-2-6-15(14)22(24(23)26(30)33)17-8-4-3-7-16(17)21/h1-11,21-24H,12H2,(H,29,31)/t21?,22?,23-,24+. The minimum absolute atomic E-state index is 0.195. The number of carbonyl (C=O) groups is 3. The highest BCUT2D eigenvalue weighted by molar-refractivity contribution is 6.35. The summed E-state index contributed by atoms with van der Waals surface area (Å²) in [6, 6.07) is 20.8. The molecule has 7 rings (SSSR count). The summed E-state index contributed by atoms with van der Waals surface area (Å²) in [6.07, 6.45) is 0. The summed E-state index contributed by atoms with van der Waals surface area (Å²) < 4.78 is 0. The topological polar surface area (TPSA) is 66.5 Å². The molecule has 164 valence electrons. The number of hydrogen-bond acceptors (Lipinski definition) is 3. The van der Waals surface area contributed by atoms with Gasteiger partial charge in [0.2, 0.25) is 17.7 Å². The number of imide groups is 1. The average molecular weight is 477 g/mol. The number of halogens is 2. The number of nitrogens with one attached hydrogen (secondary N) is 1. The fourth-order valence-corrected chi connectivity index (χ4v) is 6.16. The van der Waals surface area contributed by atoms with Crippen LogP contribution in [-0.4, -0.2) is 29.2 Å². The van der Waals surface area contributed by atoms with E-state index in [2.05, 4.69) is 5.32 Å². The average Bonchev–Trinajstić information content (AvgIpc) is 3.07. The van der Waals surface area contributed by atoms with Gasteiger partial charge >= 0.3 is 0 Å². The molecular weight excluding hydrogens is 459 g/mol. The van der Waals surface area contributed by atoms with E-state index in [-0.39, 0.29) is 30.2 Å². The van der Waals surface area contributed by atoms with Gasteiger partial charge in [0.1, 0.15) is 6.54 Å². The van der Waals surface area contributed by atoms with Crippen LogP contribution in [0.2, 0.25) is 10.0 Å². The number of anilines is 1. The molecule has 0 saturated carbocycles. The highest BCUT2D eigenvalue weighted by atomic mass is 35.5. The quantitative estimate of drug-likeness (QED) is 0.550. The number of rotatable bonds is 3. The van der Waals surface area contributed by atoms with Gasteiger partial charge in [-0.2, -0.15) is 0 Å². The Balaban J connectivity index is 1.34. The Bertz CT molecular complexity index is 1240. The highest BCUT2D eigenvalue weighted by Gasteiger charge is 2.61. The zero-order valence-electron chi connectivity index (χ0n) is 17.3. The van der Waals surface area contributed by atoms with Gasteiger partial charge in [-0.15, -0.1) is 0 Å². The number of benzene rings is 3. The van der Waals surface area contributed by atoms with E-state index in [9.17, 15) is 14.4 Å². The van der Waals surface area contributed by atoms with Crippen LogP contribution in [0.25, 0.3) is 0 Å². The molecule has 0 aromatic heterocycles. The monoisotopic (exact) mass is 476 g/mol. The number of carbonyl (C=O) groups excluding carboxylic acids is 3. The van der Waals surface area contributed by atoms with Gasteiger partial charge in [0.05, 0.1) is 22.5 Å². The minimum atomic E-state index is -0.505. The smallest absolute Gasteiger partial charge is 0.244 e. The second-order valence-corrected chi connectivity index (χ2v) is 9.54. The van der Waals surface area contributed by atoms with Gasteiger partial charge in [-0.3, -0.25) is 19.3 Å². The van der Waals surface area contributed by atoms with Crippen LogP contribution >= 0.6 is 23.2 Å². The van der Waals surface area contributed by atoms with Crippen LogP contribution < -0.4 is 5.32 Å². The molecule has 1 N–H and O–H groups in total. The third-order valence-corrected chi connectivity index (χ3v) is 7.61. The Morgan fingerprint density at radius 2 is 1.27 bits per heavy atom. The molecule has 3 aromatic rings. The van der Waals surface area contributed by atoms with E-state index in [0.29, 0.717) is 15.7 Å². The highest BCUT2D eigenvalue weighted by Crippen LogP contribution is 2.60. The molecule has 0 radical (unpaired) electrons. The van der Waals surface area contributed by atoms with Crippen LogP contribution in [-0.2, 0) is 14.4 Å². The van der Waals surface area contributed by atoms with Gasteiger partial charge in [-0.1, -0.05) is 71.7 Å². The first-order chi connectivity index (χ1) is 16.0. The maximum absolute atomic E-state index is 13.5. The van der Waals surface area contributed by atoms with Gasteiger partial charge in [-0.05, 0) is 40.5 Å². The summed E-state index contributed by atoms with van der Waals surface area (Å²) in [6.45, 7) is -0.361. The van der Waals surface area contributed by atoms with Crippen molar-refractivity contribution in [3.05, 3.63) is 99.0 Å². The minimum Gasteiger partial charge on any atom is -0.323 e. The van der Waals surface area contributed by atoms with Crippen molar-refractivity contribution in [2.75, 3.05) is 11.9 Å². The second kappa shape index (κ2) is 7.44. The predicted molar refractivity (Wildman–Crippen MR) is 125 cm³/mol. The summed E-state index contributed by atoms with van der Waals surface area (Å²) >= 11 is 12.1. The van der Waals surface area contributed by atoms with Crippen molar-refractivity contribution in [1.82, 2.24) is 4.90 Å². The molecule has 4 aliphatic rings. The number of nitrogens with zero attached hydrogens (tertiary/aromatic N) is 1. The van der Waals surface area contributed by atoms with Gasteiger partial charge in [0.15, 0.2) is 0 Å². The Morgan fingerprint density at radius 1 is 0.788 bits per heavy atom. The molecule has 3 aromatic carbocycles. The van der Waals surface area contributed by atoms with Crippen LogP contribution in [0, 0.1) is 11.8 Å². The Kier molecular flexibility index (Phi) is 4.61. The predicted octanol–water partition coefficient (Wildman–Crippen LogP) is 4.82. The SMILES string of the molecule is O=C(CN1C(=O)[C@@H]2C3c4ccccc4C(c4ccccc43)[C@@H]2C1=O)Nc1cc(Cl)ccc1Cl. The van der Waals surface area contributed by atoms with Crippen molar-refractivity contribution in [2.45, 2.75) is 11.8 Å². The fourth-order valence-electron chi connectivity index (χ4n) is 5.82. The van der Waals surface area contributed by atoms with Gasteiger partial charge < -0.3 is 5.32 Å². The Labute approximate surface area is 200 Å². The first-order valence-corrected chi connectivity index (χ1v) is 11.5. The van der Waals surface area contributed by atoms with Crippen molar-refractivity contribution >= 4 is 46.6 Å². The van der Waals surface area contributed by atoms with Crippen molar-refractivity contribution in [2.24, 2.45) is 11.8 Å². The summed E-state index contributed by atoms with van der Waals surface area (Å²) in [7, 11) is 0. The van der Waals surface area contributed by atoms with Crippen LogP contribution in [0.15, 0.2) is 66.7 Å². The van der Waals surface area contributed by atoms with Crippen molar-refractivity contribution in [3.63, 3.8) is 0 Å². The van der Waals surface area contributed by atoms with E-state index < -0.39 is 17.7 Å². The molecule has 0 spiro atoms. The van der Waals surface area contributed by atoms with E-state index in [1.54, 1.807) is 12.1 Å². The zero-order valence-corrected chi connectivity index (χ0v) is 18.8. The van der Waals surface area contributed by atoms with E-state index in [1.165, 1.54) is 6.07 Å². The van der Waals surface area contributed by atoms with Crippen LogP contribution in [0.3, 0.4) is 0 Å². The maximum atomic E-state index is 13.5. The second-order valence-electron chi connectivity index (χ2n) is 8.70. The molecule has 3 amide bonds. The van der Waals surface area contributed by atoms with E-state index in [1.807, 2.05) is 48.5 Å². The molecule has 1 aliphatic heterocycles. The van der Waals surface area contributed by atoms with Gasteiger partial charge in [0.25, 0.3) is 0 Å². The lowest BCUT2D eigenvalue weighted by Gasteiger charge is -2.45. The van der Waals surface area contributed by atoms with Gasteiger partial charge in [-0.25, -0.2) is 0 Å². The Hall–Kier alpha value is -3.15. The molecule has 7 heteroatoms. The third-order valence-electron chi connectivity index (χ3n) is 7.04. The van der Waals surface area contributed by atoms with Crippen LogP contribution in [0.4, 0.5) is 5.69 Å². The molecule has 5 nitrogen and oxygen atoms in total. The van der Waals surface area contributed by atoms with E-state index in [4.69, 9.17) is 23.2 Å². The van der Waals surface area contributed by atoms with Crippen molar-refractivity contribution < 1.29 is 14.4 Å². The number of hydrogen-bond donors (Lipinski definition) is 1. The molecular formula is C26H18Cl2N2O3. The lowest BCUT2D eigenvalue weighted by Crippen LogP contribution is -2.41. The molecule has 0 unspecified atom stereocenters. The lowest BCUT2D eigenvalue weighted by atomic mass is 9.55. The van der Waals surface area contributed by atoms with Crippen LogP contribution in [0.5, 0.6) is 0 Å². The summed E-state index contributed by atoms with van der Waals surface area (Å²) in [5.41, 5.74) is 4.73. The first kappa shape index (κ1) is 20.5. The molecule has 2 bridgehead atoms. The molecule has 1 saturated heterocycles. The van der Waals surface area contributed by atoms with Crippen molar-refractivity contribution in [1.29, 1.82) is 0 Å². The first-order valence-electron chi connectivity index (χ1n) is 10.7. The lowest BCUT2D eigenvalue weighted by molar-refractivity contribution is -0.142. The normalized spacial score (nSPS) is 24.4. The van der Waals surface area contributed by atoms with Gasteiger partial charge in [0, 0.05) is 16.9 Å². The zero-order chi connectivity index (χ0) is 22.9. The number of likely N-dealkylation sites (tertiary alicyclic amines) is 1. The molecule has 1 fully saturated rings. The molecule has 2 atom stereocenters. The summed E-state index contributed by atoms with van der Waals surface area (Å²) in [4.78, 5) is 41.0. The summed E-state index contributed by atoms with van der Waals surface area (Å²) in [5.74, 6) is -2.49. The van der Waals surface area contributed by atoms with Crippen LogP contribution in [0.1, 0.15) is 34.1 Å². The third kappa shape index (κ3) is 2.96. The molecule has 1 heterocycles. The van der Waals surface area contributed by atoms with E-state index in [0.717, 1.165) is 27.2 Å². The number of amides is 3. The van der Waals surface area contributed by atoms with E-state index >= 15 is 0 Å². The fraction of sp³-hybridized carbons (Fsp3) is 0.192.